The summed E-state index contributed by atoms with van der Waals surface area (Å²) >= 11 is 0. The number of fused-ring (bicyclic) bond motifs is 1. The number of Topliss-reactive ketones (excluding diaryl/α,β-unsaturated/α-hetero) is 1. The summed E-state index contributed by atoms with van der Waals surface area (Å²) in [5.74, 6) is 0.0555. The van der Waals surface area contributed by atoms with Crippen LogP contribution < -0.4 is 0 Å². The number of allylic oxidation sites excluding steroid dienone is 1. The lowest BCUT2D eigenvalue weighted by Crippen LogP contribution is -2.07. The smallest absolute Gasteiger partial charge is 0.161 e. The molecular formula is C14H17N3O. The third kappa shape index (κ3) is 2.42. The van der Waals surface area contributed by atoms with Crippen molar-refractivity contribution < 1.29 is 4.79 Å². The Kier molecular flexibility index (Phi) is 3.19. The molecule has 2 rings (SSSR count). The summed E-state index contributed by atoms with van der Waals surface area (Å²) in [5.41, 5.74) is 3.46. The number of rotatable bonds is 3. The highest BCUT2D eigenvalue weighted by molar-refractivity contribution is 6.19. The van der Waals surface area contributed by atoms with Crippen LogP contribution in [0.1, 0.15) is 18.2 Å². The fraction of sp³-hybridized carbons (Fsp3) is 0.286. The SMILES string of the molecule is CC(=O)/C(=C/N(C)C)c1ccc2nc(C)cn2c1. The van der Waals surface area contributed by atoms with E-state index < -0.39 is 0 Å². The Balaban J connectivity index is 2.54. The molecule has 0 N–H and O–H groups in total. The quantitative estimate of drug-likeness (QED) is 0.775. The molecular weight excluding hydrogens is 226 g/mol. The summed E-state index contributed by atoms with van der Waals surface area (Å²) in [6.07, 6.45) is 5.73. The lowest BCUT2D eigenvalue weighted by molar-refractivity contribution is -0.111. The average molecular weight is 243 g/mol. The molecule has 0 aromatic carbocycles. The van der Waals surface area contributed by atoms with Crippen LogP contribution in [0.2, 0.25) is 0 Å². The zero-order chi connectivity index (χ0) is 13.3. The van der Waals surface area contributed by atoms with Gasteiger partial charge in [0.1, 0.15) is 5.65 Å². The number of hydrogen-bond donors (Lipinski definition) is 0. The van der Waals surface area contributed by atoms with Gasteiger partial charge in [-0.1, -0.05) is 0 Å². The number of carbonyl (C=O) groups excluding carboxylic acids is 1. The molecule has 18 heavy (non-hydrogen) atoms. The normalized spacial score (nSPS) is 11.9. The van der Waals surface area contributed by atoms with Gasteiger partial charge in [-0.15, -0.1) is 0 Å². The van der Waals surface area contributed by atoms with Crippen molar-refractivity contribution in [3.63, 3.8) is 0 Å². The van der Waals surface area contributed by atoms with E-state index >= 15 is 0 Å². The van der Waals surface area contributed by atoms with Crippen LogP contribution in [0.5, 0.6) is 0 Å². The van der Waals surface area contributed by atoms with E-state index in [0.29, 0.717) is 5.57 Å². The first-order valence-electron chi connectivity index (χ1n) is 5.82. The third-order valence-electron chi connectivity index (χ3n) is 2.65. The first-order chi connectivity index (χ1) is 8.47. The molecule has 4 heteroatoms. The molecule has 94 valence electrons. The van der Waals surface area contributed by atoms with Gasteiger partial charge in [0.2, 0.25) is 0 Å². The Morgan fingerprint density at radius 3 is 2.67 bits per heavy atom. The molecule has 0 radical (unpaired) electrons. The molecule has 0 amide bonds. The Morgan fingerprint density at radius 1 is 1.33 bits per heavy atom. The maximum Gasteiger partial charge on any atom is 0.161 e. The number of carbonyl (C=O) groups is 1. The molecule has 4 nitrogen and oxygen atoms in total. The van der Waals surface area contributed by atoms with Gasteiger partial charge in [-0.3, -0.25) is 4.79 Å². The van der Waals surface area contributed by atoms with Crippen LogP contribution in [0.4, 0.5) is 0 Å². The van der Waals surface area contributed by atoms with Gasteiger partial charge in [-0.05, 0) is 26.0 Å². The summed E-state index contributed by atoms with van der Waals surface area (Å²) in [5, 5.41) is 0. The maximum absolute atomic E-state index is 11.7. The highest BCUT2D eigenvalue weighted by Gasteiger charge is 2.09. The molecule has 2 aromatic rings. The second kappa shape index (κ2) is 4.64. The van der Waals surface area contributed by atoms with E-state index in [1.165, 1.54) is 0 Å². The summed E-state index contributed by atoms with van der Waals surface area (Å²) < 4.78 is 1.94. The molecule has 2 aromatic heterocycles. The largest absolute Gasteiger partial charge is 0.383 e. The van der Waals surface area contributed by atoms with Crippen molar-refractivity contribution in [3.8, 4) is 0 Å². The van der Waals surface area contributed by atoms with E-state index in [4.69, 9.17) is 0 Å². The van der Waals surface area contributed by atoms with Gasteiger partial charge >= 0.3 is 0 Å². The molecule has 0 bridgehead atoms. The van der Waals surface area contributed by atoms with E-state index in [2.05, 4.69) is 4.98 Å². The minimum absolute atomic E-state index is 0.0555. The number of hydrogen-bond acceptors (Lipinski definition) is 3. The van der Waals surface area contributed by atoms with Crippen molar-refractivity contribution in [1.29, 1.82) is 0 Å². The highest BCUT2D eigenvalue weighted by atomic mass is 16.1. The maximum atomic E-state index is 11.7. The lowest BCUT2D eigenvalue weighted by Gasteiger charge is -2.10. The zero-order valence-corrected chi connectivity index (χ0v) is 11.1. The molecule has 0 spiro atoms. The number of aromatic nitrogens is 2. The van der Waals surface area contributed by atoms with Crippen molar-refractivity contribution >= 4 is 17.0 Å². The summed E-state index contributed by atoms with van der Waals surface area (Å²) in [7, 11) is 3.81. The van der Waals surface area contributed by atoms with E-state index in [1.807, 2.05) is 61.0 Å². The Morgan fingerprint density at radius 2 is 2.06 bits per heavy atom. The molecule has 2 heterocycles. The van der Waals surface area contributed by atoms with Gasteiger partial charge < -0.3 is 9.30 Å². The lowest BCUT2D eigenvalue weighted by atomic mass is 10.1. The van der Waals surface area contributed by atoms with Gasteiger partial charge in [-0.2, -0.15) is 0 Å². The first kappa shape index (κ1) is 12.4. The number of pyridine rings is 1. The predicted molar refractivity (Wildman–Crippen MR) is 72.3 cm³/mol. The Bertz CT molecular complexity index is 623. The summed E-state index contributed by atoms with van der Waals surface area (Å²) in [4.78, 5) is 17.9. The number of aryl methyl sites for hydroxylation is 1. The number of ketones is 1. The molecule has 0 saturated heterocycles. The second-order valence-electron chi connectivity index (χ2n) is 4.63. The minimum Gasteiger partial charge on any atom is -0.383 e. The van der Waals surface area contributed by atoms with Crippen molar-refractivity contribution in [2.45, 2.75) is 13.8 Å². The topological polar surface area (TPSA) is 37.6 Å². The van der Waals surface area contributed by atoms with Crippen LogP contribution in [0, 0.1) is 6.92 Å². The van der Waals surface area contributed by atoms with Gasteiger partial charge in [0.15, 0.2) is 5.78 Å². The molecule has 0 aliphatic carbocycles. The predicted octanol–water partition coefficient (Wildman–Crippen LogP) is 2.13. The van der Waals surface area contributed by atoms with Crippen LogP contribution in [0.25, 0.3) is 11.2 Å². The molecule has 0 aliphatic heterocycles. The van der Waals surface area contributed by atoms with Gasteiger partial charge in [0.25, 0.3) is 0 Å². The van der Waals surface area contributed by atoms with E-state index in [0.717, 1.165) is 16.9 Å². The van der Waals surface area contributed by atoms with Gasteiger partial charge in [0.05, 0.1) is 5.69 Å². The van der Waals surface area contributed by atoms with Crippen LogP contribution in [0.15, 0.2) is 30.7 Å². The fourth-order valence-electron chi connectivity index (χ4n) is 1.90. The third-order valence-corrected chi connectivity index (χ3v) is 2.65. The second-order valence-corrected chi connectivity index (χ2v) is 4.63. The monoisotopic (exact) mass is 243 g/mol. The van der Waals surface area contributed by atoms with Crippen LogP contribution in [-0.2, 0) is 4.79 Å². The number of nitrogens with zero attached hydrogens (tertiary/aromatic N) is 3. The minimum atomic E-state index is 0.0555. The van der Waals surface area contributed by atoms with Crippen molar-refractivity contribution in [3.05, 3.63) is 42.0 Å². The van der Waals surface area contributed by atoms with E-state index in [-0.39, 0.29) is 5.78 Å². The first-order valence-corrected chi connectivity index (χ1v) is 5.82. The number of imidazole rings is 1. The average Bonchev–Trinajstić information content (AvgIpc) is 2.64. The molecule has 0 fully saturated rings. The molecule has 0 atom stereocenters. The van der Waals surface area contributed by atoms with Gasteiger partial charge in [0, 0.05) is 43.8 Å². The molecule has 0 aliphatic rings. The summed E-state index contributed by atoms with van der Waals surface area (Å²) in [6, 6.07) is 3.85. The van der Waals surface area contributed by atoms with Crippen LogP contribution in [0.3, 0.4) is 0 Å². The standard InChI is InChI=1S/C14H17N3O/c1-10-7-17-8-12(5-6-14(17)15-10)13(11(2)18)9-16(3)4/h5-9H,1-4H3/b13-9-. The van der Waals surface area contributed by atoms with E-state index in [9.17, 15) is 4.79 Å². The molecule has 0 unspecified atom stereocenters. The van der Waals surface area contributed by atoms with Gasteiger partial charge in [-0.25, -0.2) is 4.98 Å². The Hall–Kier alpha value is -2.10. The van der Waals surface area contributed by atoms with Crippen molar-refractivity contribution in [1.82, 2.24) is 14.3 Å². The van der Waals surface area contributed by atoms with Crippen molar-refractivity contribution in [2.24, 2.45) is 0 Å². The highest BCUT2D eigenvalue weighted by Crippen LogP contribution is 2.17. The van der Waals surface area contributed by atoms with E-state index in [1.54, 1.807) is 6.92 Å². The fourth-order valence-corrected chi connectivity index (χ4v) is 1.90. The zero-order valence-electron chi connectivity index (χ0n) is 11.1. The van der Waals surface area contributed by atoms with Crippen LogP contribution in [-0.4, -0.2) is 34.2 Å². The van der Waals surface area contributed by atoms with Crippen molar-refractivity contribution in [2.75, 3.05) is 14.1 Å². The van der Waals surface area contributed by atoms with Crippen LogP contribution >= 0.6 is 0 Å². The molecule has 0 saturated carbocycles. The summed E-state index contributed by atoms with van der Waals surface area (Å²) in [6.45, 7) is 3.53. The Labute approximate surface area is 107 Å².